The maximum Gasteiger partial charge on any atom is 0.341 e. The molecule has 0 saturated heterocycles. The average Bonchev–Trinajstić information content (AvgIpc) is 2.21. The summed E-state index contributed by atoms with van der Waals surface area (Å²) >= 11 is 0. The predicted molar refractivity (Wildman–Crippen MR) is 53.4 cm³/mol. The summed E-state index contributed by atoms with van der Waals surface area (Å²) in [4.78, 5) is 20.8. The monoisotopic (exact) mass is 228 g/mol. The van der Waals surface area contributed by atoms with E-state index in [0.29, 0.717) is 0 Å². The lowest BCUT2D eigenvalue weighted by Gasteiger charge is -2.05. The van der Waals surface area contributed by atoms with Crippen molar-refractivity contribution in [2.24, 2.45) is 0 Å². The van der Waals surface area contributed by atoms with Gasteiger partial charge in [0.25, 0.3) is 5.69 Å². The first-order valence-corrected chi connectivity index (χ1v) is 4.38. The van der Waals surface area contributed by atoms with Gasteiger partial charge in [0.2, 0.25) is 0 Å². The highest BCUT2D eigenvalue weighted by molar-refractivity contribution is 5.91. The summed E-state index contributed by atoms with van der Waals surface area (Å²) in [5.74, 6) is -2.03. The number of benzene rings is 1. The molecule has 2 N–H and O–H groups in total. The average molecular weight is 228 g/mol. The number of hydrogen-bond acceptors (Lipinski definition) is 5. The van der Waals surface area contributed by atoms with Crippen LogP contribution in [-0.4, -0.2) is 17.5 Å². The van der Waals surface area contributed by atoms with Crippen LogP contribution in [0.1, 0.15) is 17.3 Å². The molecule has 0 radical (unpaired) electrons. The molecule has 0 heterocycles. The minimum absolute atomic E-state index is 0.0785. The van der Waals surface area contributed by atoms with Crippen molar-refractivity contribution in [2.75, 3.05) is 12.3 Å². The van der Waals surface area contributed by atoms with Gasteiger partial charge >= 0.3 is 5.97 Å². The molecular weight excluding hydrogens is 219 g/mol. The van der Waals surface area contributed by atoms with E-state index in [-0.39, 0.29) is 6.61 Å². The number of nitrogen functional groups attached to an aromatic ring is 1. The lowest BCUT2D eigenvalue weighted by atomic mass is 10.1. The molecule has 0 unspecified atom stereocenters. The minimum atomic E-state index is -1.13. The molecule has 0 aromatic heterocycles. The van der Waals surface area contributed by atoms with Gasteiger partial charge in [-0.15, -0.1) is 0 Å². The molecule has 6 nitrogen and oxygen atoms in total. The van der Waals surface area contributed by atoms with Gasteiger partial charge in [-0.05, 0) is 13.0 Å². The van der Waals surface area contributed by atoms with Gasteiger partial charge in [-0.25, -0.2) is 9.18 Å². The highest BCUT2D eigenvalue weighted by Crippen LogP contribution is 2.26. The first kappa shape index (κ1) is 11.9. The van der Waals surface area contributed by atoms with E-state index < -0.39 is 33.6 Å². The van der Waals surface area contributed by atoms with Crippen molar-refractivity contribution < 1.29 is 18.8 Å². The summed E-state index contributed by atoms with van der Waals surface area (Å²) in [6.45, 7) is 1.64. The fourth-order valence-electron chi connectivity index (χ4n) is 1.11. The molecule has 0 aliphatic rings. The van der Waals surface area contributed by atoms with Crippen molar-refractivity contribution in [1.29, 1.82) is 0 Å². The summed E-state index contributed by atoms with van der Waals surface area (Å²) in [6.07, 6.45) is 0. The molecule has 0 spiro atoms. The molecule has 0 fully saturated rings. The molecule has 0 atom stereocenters. The maximum absolute atomic E-state index is 13.5. The van der Waals surface area contributed by atoms with Gasteiger partial charge in [0.1, 0.15) is 5.69 Å². The Hall–Kier alpha value is -2.18. The standard InChI is InChI=1S/C9H9FN2O4/c1-2-16-9(13)5-3-4-6(12(14)15)8(11)7(5)10/h3-4H,2,11H2,1H3. The highest BCUT2D eigenvalue weighted by Gasteiger charge is 2.22. The Kier molecular flexibility index (Phi) is 3.39. The van der Waals surface area contributed by atoms with Crippen molar-refractivity contribution >= 4 is 17.3 Å². The Bertz CT molecular complexity index is 447. The van der Waals surface area contributed by atoms with Crippen LogP contribution in [0.4, 0.5) is 15.8 Å². The smallest absolute Gasteiger partial charge is 0.341 e. The zero-order chi connectivity index (χ0) is 12.3. The Morgan fingerprint density at radius 2 is 2.25 bits per heavy atom. The first-order valence-electron chi connectivity index (χ1n) is 4.38. The molecule has 0 aliphatic heterocycles. The summed E-state index contributed by atoms with van der Waals surface area (Å²) in [5.41, 5.74) is 3.53. The number of ether oxygens (including phenoxy) is 1. The second-order valence-electron chi connectivity index (χ2n) is 2.84. The Labute approximate surface area is 90.0 Å². The van der Waals surface area contributed by atoms with E-state index in [1.807, 2.05) is 0 Å². The van der Waals surface area contributed by atoms with Gasteiger partial charge in [0.15, 0.2) is 5.82 Å². The van der Waals surface area contributed by atoms with E-state index in [0.717, 1.165) is 12.1 Å². The van der Waals surface area contributed by atoms with E-state index in [1.165, 1.54) is 0 Å². The van der Waals surface area contributed by atoms with Crippen LogP contribution >= 0.6 is 0 Å². The Morgan fingerprint density at radius 3 is 2.75 bits per heavy atom. The Balaban J connectivity index is 3.21. The second-order valence-corrected chi connectivity index (χ2v) is 2.84. The van der Waals surface area contributed by atoms with Crippen molar-refractivity contribution in [3.63, 3.8) is 0 Å². The van der Waals surface area contributed by atoms with Crippen LogP contribution < -0.4 is 5.73 Å². The summed E-state index contributed by atoms with van der Waals surface area (Å²) in [7, 11) is 0. The first-order chi connectivity index (χ1) is 7.49. The molecule has 0 amide bonds. The van der Waals surface area contributed by atoms with Gasteiger partial charge in [0.05, 0.1) is 17.1 Å². The summed E-state index contributed by atoms with van der Waals surface area (Å²) < 4.78 is 18.0. The van der Waals surface area contributed by atoms with E-state index in [1.54, 1.807) is 6.92 Å². The number of hydrogen-bond donors (Lipinski definition) is 1. The zero-order valence-electron chi connectivity index (χ0n) is 8.40. The number of nitro benzene ring substituents is 1. The summed E-state index contributed by atoms with van der Waals surface area (Å²) in [5, 5.41) is 10.4. The number of carbonyl (C=O) groups is 1. The van der Waals surface area contributed by atoms with Gasteiger partial charge < -0.3 is 10.5 Å². The minimum Gasteiger partial charge on any atom is -0.462 e. The van der Waals surface area contributed by atoms with E-state index in [2.05, 4.69) is 4.74 Å². The van der Waals surface area contributed by atoms with E-state index in [9.17, 15) is 19.3 Å². The number of rotatable bonds is 3. The quantitative estimate of drug-likeness (QED) is 0.366. The number of halogens is 1. The fourth-order valence-corrected chi connectivity index (χ4v) is 1.11. The number of nitrogens with zero attached hydrogens (tertiary/aromatic N) is 1. The predicted octanol–water partition coefficient (Wildman–Crippen LogP) is 1.49. The molecule has 86 valence electrons. The Morgan fingerprint density at radius 1 is 1.62 bits per heavy atom. The number of nitro groups is 1. The molecule has 0 bridgehead atoms. The number of esters is 1. The normalized spacial score (nSPS) is 9.88. The summed E-state index contributed by atoms with van der Waals surface area (Å²) in [6, 6.07) is 1.94. The van der Waals surface area contributed by atoms with Gasteiger partial charge in [-0.1, -0.05) is 0 Å². The van der Waals surface area contributed by atoms with Gasteiger partial charge in [-0.2, -0.15) is 0 Å². The largest absolute Gasteiger partial charge is 0.462 e. The molecule has 0 saturated carbocycles. The van der Waals surface area contributed by atoms with Gasteiger partial charge in [0, 0.05) is 6.07 Å². The van der Waals surface area contributed by atoms with Crippen LogP contribution in [0.5, 0.6) is 0 Å². The third-order valence-corrected chi connectivity index (χ3v) is 1.85. The molecule has 0 aliphatic carbocycles. The molecule has 1 aromatic carbocycles. The molecule has 1 rings (SSSR count). The molecule has 1 aromatic rings. The topological polar surface area (TPSA) is 95.5 Å². The fraction of sp³-hybridized carbons (Fsp3) is 0.222. The van der Waals surface area contributed by atoms with Crippen LogP contribution in [-0.2, 0) is 4.74 Å². The van der Waals surface area contributed by atoms with E-state index >= 15 is 0 Å². The van der Waals surface area contributed by atoms with Crippen molar-refractivity contribution in [3.05, 3.63) is 33.6 Å². The third kappa shape index (κ3) is 2.08. The zero-order valence-corrected chi connectivity index (χ0v) is 8.40. The SMILES string of the molecule is CCOC(=O)c1ccc([N+](=O)[O-])c(N)c1F. The van der Waals surface area contributed by atoms with Crippen molar-refractivity contribution in [3.8, 4) is 0 Å². The maximum atomic E-state index is 13.5. The third-order valence-electron chi connectivity index (χ3n) is 1.85. The van der Waals surface area contributed by atoms with Crippen LogP contribution in [0, 0.1) is 15.9 Å². The number of carbonyl (C=O) groups excluding carboxylic acids is 1. The van der Waals surface area contributed by atoms with Crippen LogP contribution in [0.2, 0.25) is 0 Å². The van der Waals surface area contributed by atoms with Crippen LogP contribution in [0.15, 0.2) is 12.1 Å². The van der Waals surface area contributed by atoms with Crippen LogP contribution in [0.25, 0.3) is 0 Å². The van der Waals surface area contributed by atoms with E-state index in [4.69, 9.17) is 5.73 Å². The van der Waals surface area contributed by atoms with Gasteiger partial charge in [-0.3, -0.25) is 10.1 Å². The van der Waals surface area contributed by atoms with Crippen LogP contribution in [0.3, 0.4) is 0 Å². The number of nitrogens with two attached hydrogens (primary N) is 1. The lowest BCUT2D eigenvalue weighted by Crippen LogP contribution is -2.10. The number of anilines is 1. The second kappa shape index (κ2) is 4.56. The van der Waals surface area contributed by atoms with Crippen molar-refractivity contribution in [2.45, 2.75) is 6.92 Å². The molecular formula is C9H9FN2O4. The molecule has 7 heteroatoms. The molecule has 16 heavy (non-hydrogen) atoms. The lowest BCUT2D eigenvalue weighted by molar-refractivity contribution is -0.384. The highest BCUT2D eigenvalue weighted by atomic mass is 19.1. The van der Waals surface area contributed by atoms with Crippen molar-refractivity contribution in [1.82, 2.24) is 0 Å².